The number of nitrogens with one attached hydrogen (secondary N) is 2. The van der Waals surface area contributed by atoms with Gasteiger partial charge < -0.3 is 20.1 Å². The monoisotopic (exact) mass is 336 g/mol. The molecule has 8 heteroatoms. The van der Waals surface area contributed by atoms with Crippen molar-refractivity contribution in [3.8, 4) is 11.9 Å². The van der Waals surface area contributed by atoms with Crippen molar-refractivity contribution in [2.75, 3.05) is 23.8 Å². The van der Waals surface area contributed by atoms with E-state index < -0.39 is 6.03 Å². The molecule has 23 heavy (non-hydrogen) atoms. The number of amides is 2. The normalized spacial score (nSPS) is 10.0. The van der Waals surface area contributed by atoms with Gasteiger partial charge in [0.25, 0.3) is 0 Å². The molecule has 0 saturated carbocycles. The van der Waals surface area contributed by atoms with Crippen molar-refractivity contribution in [3.05, 3.63) is 35.5 Å². The second kappa shape index (κ2) is 8.19. The summed E-state index contributed by atoms with van der Waals surface area (Å²) in [7, 11) is 0. The Balaban J connectivity index is 2.12. The number of hydrogen-bond acceptors (Lipinski definition) is 5. The largest absolute Gasteiger partial charge is 0.476 e. The fraction of sp³-hybridized carbons (Fsp3) is 0.267. The van der Waals surface area contributed by atoms with Crippen LogP contribution in [-0.4, -0.2) is 29.2 Å². The highest BCUT2D eigenvalue weighted by molar-refractivity contribution is 6.33. The molecule has 122 valence electrons. The number of hydrogen-bond donors (Lipinski definition) is 2. The number of urea groups is 1. The maximum absolute atomic E-state index is 12.1. The minimum absolute atomic E-state index is 0.188. The van der Waals surface area contributed by atoms with Gasteiger partial charge in [0.1, 0.15) is 5.69 Å². The van der Waals surface area contributed by atoms with Crippen LogP contribution in [0.2, 0.25) is 5.02 Å². The Labute approximate surface area is 139 Å². The second-order valence-corrected chi connectivity index (χ2v) is 4.70. The van der Waals surface area contributed by atoms with Crippen molar-refractivity contribution in [1.29, 1.82) is 0 Å². The third kappa shape index (κ3) is 4.72. The second-order valence-electron chi connectivity index (χ2n) is 4.30. The van der Waals surface area contributed by atoms with Gasteiger partial charge in [-0.1, -0.05) is 23.7 Å². The quantitative estimate of drug-likeness (QED) is 0.842. The topological polar surface area (TPSA) is 85.4 Å². The van der Waals surface area contributed by atoms with Gasteiger partial charge in [0.05, 0.1) is 30.1 Å². The van der Waals surface area contributed by atoms with Crippen LogP contribution in [0.5, 0.6) is 11.9 Å². The molecular weight excluding hydrogens is 320 g/mol. The lowest BCUT2D eigenvalue weighted by Gasteiger charge is -2.12. The van der Waals surface area contributed by atoms with Gasteiger partial charge in [-0.3, -0.25) is 0 Å². The number of carbonyl (C=O) groups excluding carboxylic acids is 1. The number of aromatic nitrogens is 2. The van der Waals surface area contributed by atoms with Gasteiger partial charge in [-0.05, 0) is 26.0 Å². The van der Waals surface area contributed by atoms with Gasteiger partial charge in [0, 0.05) is 0 Å². The van der Waals surface area contributed by atoms with Crippen LogP contribution in [0.4, 0.5) is 16.2 Å². The van der Waals surface area contributed by atoms with Crippen molar-refractivity contribution in [2.45, 2.75) is 13.8 Å². The SMILES string of the molecule is CCOc1ncc(NC(=O)Nc2ccccc2Cl)c(OCC)n1. The lowest BCUT2D eigenvalue weighted by atomic mass is 10.3. The Morgan fingerprint density at radius 2 is 1.83 bits per heavy atom. The summed E-state index contributed by atoms with van der Waals surface area (Å²) in [6.45, 7) is 4.47. The third-order valence-corrected chi connectivity index (χ3v) is 2.99. The van der Waals surface area contributed by atoms with Gasteiger partial charge in [-0.15, -0.1) is 0 Å². The molecular formula is C15H17ClN4O3. The standard InChI is InChI=1S/C15H17ClN4O3/c1-3-22-13-12(9-17-15(20-13)23-4-2)19-14(21)18-11-8-6-5-7-10(11)16/h5-9H,3-4H2,1-2H3,(H2,18,19,21). The van der Waals surface area contributed by atoms with Crippen LogP contribution >= 0.6 is 11.6 Å². The van der Waals surface area contributed by atoms with Crippen molar-refractivity contribution >= 4 is 29.0 Å². The Morgan fingerprint density at radius 3 is 2.52 bits per heavy atom. The van der Waals surface area contributed by atoms with Gasteiger partial charge in [-0.25, -0.2) is 9.78 Å². The highest BCUT2D eigenvalue weighted by Gasteiger charge is 2.13. The molecule has 1 aromatic carbocycles. The number of benzene rings is 1. The maximum Gasteiger partial charge on any atom is 0.323 e. The number of anilines is 2. The van der Waals surface area contributed by atoms with Crippen LogP contribution < -0.4 is 20.1 Å². The molecule has 2 aromatic rings. The molecule has 2 N–H and O–H groups in total. The molecule has 0 fully saturated rings. The zero-order valence-electron chi connectivity index (χ0n) is 12.8. The molecule has 7 nitrogen and oxygen atoms in total. The molecule has 0 spiro atoms. The highest BCUT2D eigenvalue weighted by atomic mass is 35.5. The summed E-state index contributed by atoms with van der Waals surface area (Å²) in [5.41, 5.74) is 0.830. The fourth-order valence-corrected chi connectivity index (χ4v) is 1.90. The van der Waals surface area contributed by atoms with Gasteiger partial charge in [0.15, 0.2) is 0 Å². The van der Waals surface area contributed by atoms with E-state index in [0.717, 1.165) is 0 Å². The molecule has 0 aliphatic heterocycles. The first-order chi connectivity index (χ1) is 11.1. The summed E-state index contributed by atoms with van der Waals surface area (Å²) in [4.78, 5) is 20.2. The van der Waals surface area contributed by atoms with E-state index in [2.05, 4.69) is 20.6 Å². The maximum atomic E-state index is 12.1. The lowest BCUT2D eigenvalue weighted by Crippen LogP contribution is -2.20. The van der Waals surface area contributed by atoms with E-state index in [-0.39, 0.29) is 11.9 Å². The van der Waals surface area contributed by atoms with Crippen LogP contribution in [0, 0.1) is 0 Å². The third-order valence-electron chi connectivity index (χ3n) is 2.66. The molecule has 0 bridgehead atoms. The summed E-state index contributed by atoms with van der Waals surface area (Å²) in [5.74, 6) is 0.236. The van der Waals surface area contributed by atoms with E-state index in [9.17, 15) is 4.79 Å². The van der Waals surface area contributed by atoms with Gasteiger partial charge in [0.2, 0.25) is 5.88 Å². The Hall–Kier alpha value is -2.54. The van der Waals surface area contributed by atoms with E-state index in [1.54, 1.807) is 24.3 Å². The van der Waals surface area contributed by atoms with Gasteiger partial charge >= 0.3 is 12.0 Å². The Morgan fingerprint density at radius 1 is 1.13 bits per heavy atom. The van der Waals surface area contributed by atoms with Crippen molar-refractivity contribution in [1.82, 2.24) is 9.97 Å². The molecule has 2 amide bonds. The first-order valence-electron chi connectivity index (χ1n) is 7.09. The predicted molar refractivity (Wildman–Crippen MR) is 88.5 cm³/mol. The van der Waals surface area contributed by atoms with Crippen molar-refractivity contribution in [3.63, 3.8) is 0 Å². The minimum Gasteiger partial charge on any atom is -0.476 e. The molecule has 0 atom stereocenters. The molecule has 0 aliphatic carbocycles. The molecule has 1 aromatic heterocycles. The smallest absolute Gasteiger partial charge is 0.323 e. The predicted octanol–water partition coefficient (Wildman–Crippen LogP) is 3.57. The van der Waals surface area contributed by atoms with E-state index in [4.69, 9.17) is 21.1 Å². The first kappa shape index (κ1) is 16.8. The molecule has 0 radical (unpaired) electrons. The summed E-state index contributed by atoms with van der Waals surface area (Å²) < 4.78 is 10.6. The Bertz CT molecular complexity index is 682. The van der Waals surface area contributed by atoms with Crippen LogP contribution in [0.3, 0.4) is 0 Å². The Kier molecular flexibility index (Phi) is 5.99. The van der Waals surface area contributed by atoms with Crippen LogP contribution in [0.25, 0.3) is 0 Å². The highest BCUT2D eigenvalue weighted by Crippen LogP contribution is 2.24. The molecule has 0 aliphatic rings. The average molecular weight is 337 g/mol. The van der Waals surface area contributed by atoms with E-state index in [1.165, 1.54) is 6.20 Å². The molecule has 2 rings (SSSR count). The number of rotatable bonds is 6. The van der Waals surface area contributed by atoms with Gasteiger partial charge in [-0.2, -0.15) is 4.98 Å². The van der Waals surface area contributed by atoms with Crippen LogP contribution in [-0.2, 0) is 0 Å². The van der Waals surface area contributed by atoms with Crippen molar-refractivity contribution in [2.24, 2.45) is 0 Å². The minimum atomic E-state index is -0.480. The van der Waals surface area contributed by atoms with E-state index in [1.807, 2.05) is 13.8 Å². The zero-order valence-corrected chi connectivity index (χ0v) is 13.6. The number of ether oxygens (including phenoxy) is 2. The summed E-state index contributed by atoms with van der Waals surface area (Å²) in [5, 5.41) is 5.71. The molecule has 1 heterocycles. The lowest BCUT2D eigenvalue weighted by molar-refractivity contribution is 0.261. The summed E-state index contributed by atoms with van der Waals surface area (Å²) >= 11 is 6.00. The summed E-state index contributed by atoms with van der Waals surface area (Å²) in [6, 6.07) is 6.63. The van der Waals surface area contributed by atoms with Crippen LogP contribution in [0.1, 0.15) is 13.8 Å². The average Bonchev–Trinajstić information content (AvgIpc) is 2.53. The molecule has 0 unspecified atom stereocenters. The molecule has 0 saturated heterocycles. The number of halogens is 1. The van der Waals surface area contributed by atoms with Crippen LogP contribution in [0.15, 0.2) is 30.5 Å². The number of carbonyl (C=O) groups is 1. The zero-order chi connectivity index (χ0) is 16.7. The number of nitrogens with zero attached hydrogens (tertiary/aromatic N) is 2. The van der Waals surface area contributed by atoms with E-state index >= 15 is 0 Å². The van der Waals surface area contributed by atoms with E-state index in [0.29, 0.717) is 29.6 Å². The number of para-hydroxylation sites is 1. The van der Waals surface area contributed by atoms with Crippen molar-refractivity contribution < 1.29 is 14.3 Å². The summed E-state index contributed by atoms with van der Waals surface area (Å²) in [6.07, 6.45) is 1.43. The first-order valence-corrected chi connectivity index (χ1v) is 7.47. The fourth-order valence-electron chi connectivity index (χ4n) is 1.72.